The molecule has 8 heteroatoms. The fourth-order valence-corrected chi connectivity index (χ4v) is 2.70. The SMILES string of the molecule is COC(=O)CCCS(=O)(=O)Nc1cnccc1N(C)C. The third kappa shape index (κ3) is 5.04. The third-order valence-corrected chi connectivity index (χ3v) is 3.92. The number of pyridine rings is 1. The number of esters is 1. The minimum Gasteiger partial charge on any atom is -0.469 e. The molecule has 0 saturated heterocycles. The van der Waals surface area contributed by atoms with Gasteiger partial charge in [-0.25, -0.2) is 8.42 Å². The largest absolute Gasteiger partial charge is 0.469 e. The van der Waals surface area contributed by atoms with Crippen LogP contribution in [0.15, 0.2) is 18.5 Å². The van der Waals surface area contributed by atoms with Crippen molar-refractivity contribution in [2.24, 2.45) is 0 Å². The molecule has 0 amide bonds. The first kappa shape index (κ1) is 16.2. The predicted octanol–water partition coefficient (Wildman–Crippen LogP) is 0.842. The maximum atomic E-state index is 11.9. The third-order valence-electron chi connectivity index (χ3n) is 2.57. The summed E-state index contributed by atoms with van der Waals surface area (Å²) in [6.45, 7) is 0. The topological polar surface area (TPSA) is 88.6 Å². The predicted molar refractivity (Wildman–Crippen MR) is 77.2 cm³/mol. The van der Waals surface area contributed by atoms with Crippen LogP contribution in [-0.2, 0) is 19.6 Å². The first-order valence-electron chi connectivity index (χ1n) is 6.04. The summed E-state index contributed by atoms with van der Waals surface area (Å²) in [6.07, 6.45) is 3.32. The van der Waals surface area contributed by atoms with Crippen LogP contribution in [0.25, 0.3) is 0 Å². The number of aromatic nitrogens is 1. The van der Waals surface area contributed by atoms with Crippen LogP contribution in [-0.4, -0.2) is 46.3 Å². The van der Waals surface area contributed by atoms with Crippen molar-refractivity contribution in [2.75, 3.05) is 36.6 Å². The minimum absolute atomic E-state index is 0.0744. The number of ether oxygens (including phenoxy) is 1. The Bertz CT molecular complexity index is 558. The summed E-state index contributed by atoms with van der Waals surface area (Å²) in [6, 6.07) is 1.71. The van der Waals surface area contributed by atoms with Crippen LogP contribution in [0.1, 0.15) is 12.8 Å². The molecule has 1 aromatic heterocycles. The summed E-state index contributed by atoms with van der Waals surface area (Å²) in [5.41, 5.74) is 1.13. The van der Waals surface area contributed by atoms with Crippen molar-refractivity contribution in [3.05, 3.63) is 18.5 Å². The number of rotatable bonds is 7. The monoisotopic (exact) mass is 301 g/mol. The van der Waals surface area contributed by atoms with E-state index in [9.17, 15) is 13.2 Å². The minimum atomic E-state index is -3.52. The van der Waals surface area contributed by atoms with Gasteiger partial charge in [0.1, 0.15) is 0 Å². The van der Waals surface area contributed by atoms with Gasteiger partial charge in [-0.1, -0.05) is 0 Å². The van der Waals surface area contributed by atoms with Gasteiger partial charge in [0, 0.05) is 26.7 Å². The zero-order chi connectivity index (χ0) is 15.2. The lowest BCUT2D eigenvalue weighted by Crippen LogP contribution is -2.20. The Morgan fingerprint density at radius 2 is 2.15 bits per heavy atom. The van der Waals surface area contributed by atoms with E-state index in [1.807, 2.05) is 14.1 Å². The smallest absolute Gasteiger partial charge is 0.305 e. The summed E-state index contributed by atoms with van der Waals surface area (Å²) in [7, 11) is 1.37. The Kier molecular flexibility index (Phi) is 5.75. The second-order valence-electron chi connectivity index (χ2n) is 4.39. The molecule has 0 aromatic carbocycles. The number of hydrogen-bond acceptors (Lipinski definition) is 6. The van der Waals surface area contributed by atoms with Gasteiger partial charge in [0.15, 0.2) is 0 Å². The lowest BCUT2D eigenvalue weighted by atomic mass is 10.3. The van der Waals surface area contributed by atoms with E-state index < -0.39 is 16.0 Å². The van der Waals surface area contributed by atoms with Gasteiger partial charge in [-0.3, -0.25) is 14.5 Å². The molecule has 0 radical (unpaired) electrons. The molecule has 0 saturated carbocycles. The summed E-state index contributed by atoms with van der Waals surface area (Å²) >= 11 is 0. The highest BCUT2D eigenvalue weighted by Gasteiger charge is 2.14. The molecule has 112 valence electrons. The second-order valence-corrected chi connectivity index (χ2v) is 6.23. The molecule has 1 aromatic rings. The van der Waals surface area contributed by atoms with E-state index in [1.165, 1.54) is 13.3 Å². The Labute approximate surface area is 119 Å². The molecule has 1 rings (SSSR count). The Hall–Kier alpha value is -1.83. The fourth-order valence-electron chi connectivity index (χ4n) is 1.58. The molecule has 1 N–H and O–H groups in total. The fraction of sp³-hybridized carbons (Fsp3) is 0.500. The molecule has 1 heterocycles. The van der Waals surface area contributed by atoms with E-state index in [1.54, 1.807) is 17.2 Å². The Morgan fingerprint density at radius 1 is 1.45 bits per heavy atom. The molecule has 0 aliphatic heterocycles. The Balaban J connectivity index is 2.69. The highest BCUT2D eigenvalue weighted by Crippen LogP contribution is 2.23. The normalized spacial score (nSPS) is 10.9. The van der Waals surface area contributed by atoms with Crippen molar-refractivity contribution in [3.8, 4) is 0 Å². The van der Waals surface area contributed by atoms with E-state index in [4.69, 9.17) is 0 Å². The summed E-state index contributed by atoms with van der Waals surface area (Å²) in [4.78, 5) is 16.6. The van der Waals surface area contributed by atoms with Gasteiger partial charge in [-0.05, 0) is 12.5 Å². The average molecular weight is 301 g/mol. The maximum absolute atomic E-state index is 11.9. The van der Waals surface area contributed by atoms with E-state index in [2.05, 4.69) is 14.4 Å². The summed E-state index contributed by atoms with van der Waals surface area (Å²) < 4.78 is 30.8. The van der Waals surface area contributed by atoms with Gasteiger partial charge in [-0.2, -0.15) is 0 Å². The highest BCUT2D eigenvalue weighted by molar-refractivity contribution is 7.92. The van der Waals surface area contributed by atoms with Crippen LogP contribution in [0.2, 0.25) is 0 Å². The quantitative estimate of drug-likeness (QED) is 0.751. The van der Waals surface area contributed by atoms with Crippen molar-refractivity contribution < 1.29 is 17.9 Å². The van der Waals surface area contributed by atoms with E-state index in [0.29, 0.717) is 5.69 Å². The highest BCUT2D eigenvalue weighted by atomic mass is 32.2. The molecule has 7 nitrogen and oxygen atoms in total. The summed E-state index contributed by atoms with van der Waals surface area (Å²) in [5, 5.41) is 0. The van der Waals surface area contributed by atoms with Crippen molar-refractivity contribution in [2.45, 2.75) is 12.8 Å². The molecular weight excluding hydrogens is 282 g/mol. The molecule has 0 aliphatic carbocycles. The first-order valence-corrected chi connectivity index (χ1v) is 7.69. The van der Waals surface area contributed by atoms with Crippen molar-refractivity contribution in [1.29, 1.82) is 0 Å². The van der Waals surface area contributed by atoms with Gasteiger partial charge >= 0.3 is 5.97 Å². The number of methoxy groups -OCH3 is 1. The maximum Gasteiger partial charge on any atom is 0.305 e. The van der Waals surface area contributed by atoms with Crippen LogP contribution in [0.4, 0.5) is 11.4 Å². The molecule has 0 fully saturated rings. The van der Waals surface area contributed by atoms with Gasteiger partial charge in [0.2, 0.25) is 10.0 Å². The number of hydrogen-bond donors (Lipinski definition) is 1. The van der Waals surface area contributed by atoms with Crippen molar-refractivity contribution in [1.82, 2.24) is 4.98 Å². The number of carbonyl (C=O) groups is 1. The molecule has 0 aliphatic rings. The van der Waals surface area contributed by atoms with Crippen LogP contribution >= 0.6 is 0 Å². The van der Waals surface area contributed by atoms with Gasteiger partial charge in [0.05, 0.1) is 30.4 Å². The Morgan fingerprint density at radius 3 is 2.75 bits per heavy atom. The number of nitrogens with zero attached hydrogens (tertiary/aromatic N) is 2. The lowest BCUT2D eigenvalue weighted by molar-refractivity contribution is -0.140. The molecule has 20 heavy (non-hydrogen) atoms. The van der Waals surface area contributed by atoms with Crippen LogP contribution < -0.4 is 9.62 Å². The van der Waals surface area contributed by atoms with Crippen LogP contribution in [0.3, 0.4) is 0 Å². The van der Waals surface area contributed by atoms with Gasteiger partial charge in [0.25, 0.3) is 0 Å². The molecule has 0 unspecified atom stereocenters. The summed E-state index contributed by atoms with van der Waals surface area (Å²) in [5.74, 6) is -0.570. The van der Waals surface area contributed by atoms with Crippen molar-refractivity contribution in [3.63, 3.8) is 0 Å². The van der Waals surface area contributed by atoms with Crippen LogP contribution in [0.5, 0.6) is 0 Å². The molecular formula is C12H19N3O4S. The van der Waals surface area contributed by atoms with E-state index >= 15 is 0 Å². The molecule has 0 spiro atoms. The number of carbonyl (C=O) groups excluding carboxylic acids is 1. The second kappa shape index (κ2) is 7.09. The zero-order valence-corrected chi connectivity index (χ0v) is 12.6. The average Bonchev–Trinajstić information content (AvgIpc) is 2.38. The molecule has 0 atom stereocenters. The van der Waals surface area contributed by atoms with Crippen molar-refractivity contribution >= 4 is 27.4 Å². The first-order chi connectivity index (χ1) is 9.35. The number of nitrogens with one attached hydrogen (secondary N) is 1. The van der Waals surface area contributed by atoms with E-state index in [0.717, 1.165) is 5.69 Å². The van der Waals surface area contributed by atoms with Gasteiger partial charge in [-0.15, -0.1) is 0 Å². The number of anilines is 2. The lowest BCUT2D eigenvalue weighted by Gasteiger charge is -2.17. The standard InChI is InChI=1S/C12H19N3O4S/c1-15(2)11-6-7-13-9-10(11)14-20(17,18)8-4-5-12(16)19-3/h6-7,9,14H,4-5,8H2,1-3H3. The van der Waals surface area contributed by atoms with E-state index in [-0.39, 0.29) is 18.6 Å². The van der Waals surface area contributed by atoms with Crippen LogP contribution in [0, 0.1) is 0 Å². The molecule has 0 bridgehead atoms. The van der Waals surface area contributed by atoms with Gasteiger partial charge < -0.3 is 9.64 Å². The number of sulfonamides is 1. The zero-order valence-electron chi connectivity index (χ0n) is 11.8.